The minimum atomic E-state index is -1.12. The molecule has 0 aromatic rings. The van der Waals surface area contributed by atoms with Gasteiger partial charge in [0.05, 0.1) is 36.2 Å². The normalized spacial score (nSPS) is 53.1. The molecule has 4 N–H and O–H groups in total. The van der Waals surface area contributed by atoms with Crippen molar-refractivity contribution in [2.45, 2.75) is 88.4 Å². The topological polar surface area (TPSA) is 120 Å². The Morgan fingerprint density at radius 3 is 2.57 bits per heavy atom. The number of carbonyl (C=O) groups excluding carboxylic acids is 1. The molecule has 1 heterocycles. The number of cyclic esters (lactones) is 1. The van der Waals surface area contributed by atoms with Gasteiger partial charge in [0, 0.05) is 17.3 Å². The van der Waals surface area contributed by atoms with E-state index in [9.17, 15) is 25.3 Å². The molecule has 0 radical (unpaired) electrons. The molecule has 0 aromatic carbocycles. The van der Waals surface area contributed by atoms with Crippen LogP contribution in [0, 0.1) is 28.6 Å². The first-order chi connectivity index (χ1) is 14.2. The van der Waals surface area contributed by atoms with E-state index in [4.69, 9.17) is 4.74 Å². The van der Waals surface area contributed by atoms with Crippen LogP contribution in [0.3, 0.4) is 0 Å². The van der Waals surface area contributed by atoms with Gasteiger partial charge in [-0.15, -0.1) is 5.16 Å². The molecule has 7 nitrogen and oxygen atoms in total. The fourth-order valence-corrected chi connectivity index (χ4v) is 8.47. The molecule has 5 aliphatic rings. The van der Waals surface area contributed by atoms with E-state index in [1.54, 1.807) is 6.26 Å². The Morgan fingerprint density at radius 1 is 1.10 bits per heavy atom. The molecular formula is C23H33NO6. The van der Waals surface area contributed by atoms with Crippen molar-refractivity contribution in [2.24, 2.45) is 33.7 Å². The lowest BCUT2D eigenvalue weighted by Gasteiger charge is -2.65. The highest BCUT2D eigenvalue weighted by Gasteiger charge is 2.71. The predicted molar refractivity (Wildman–Crippen MR) is 108 cm³/mol. The molecule has 4 aliphatic carbocycles. The summed E-state index contributed by atoms with van der Waals surface area (Å²) < 4.78 is 5.10. The summed E-state index contributed by atoms with van der Waals surface area (Å²) >= 11 is 0. The molecule has 0 bridgehead atoms. The average Bonchev–Trinajstić information content (AvgIpc) is 3.23. The van der Waals surface area contributed by atoms with Crippen molar-refractivity contribution in [3.8, 4) is 0 Å². The van der Waals surface area contributed by atoms with Crippen LogP contribution in [0.4, 0.5) is 0 Å². The van der Waals surface area contributed by atoms with Crippen molar-refractivity contribution >= 4 is 12.2 Å². The number of rotatable bonds is 2. The van der Waals surface area contributed by atoms with E-state index >= 15 is 0 Å². The van der Waals surface area contributed by atoms with Gasteiger partial charge in [-0.3, -0.25) is 4.79 Å². The number of esters is 1. The number of carbonyl (C=O) groups is 1. The fourth-order valence-electron chi connectivity index (χ4n) is 8.47. The Hall–Kier alpha value is -1.44. The van der Waals surface area contributed by atoms with Crippen LogP contribution in [0.5, 0.6) is 0 Å². The van der Waals surface area contributed by atoms with Gasteiger partial charge in [-0.1, -0.05) is 6.92 Å². The second kappa shape index (κ2) is 6.53. The minimum absolute atomic E-state index is 0.00749. The van der Waals surface area contributed by atoms with Crippen LogP contribution >= 0.6 is 0 Å². The van der Waals surface area contributed by atoms with Gasteiger partial charge in [0.1, 0.15) is 0 Å². The number of nitrogens with zero attached hydrogens (tertiary/aromatic N) is 1. The van der Waals surface area contributed by atoms with Gasteiger partial charge in [-0.05, 0) is 74.7 Å². The Bertz CT molecular complexity index is 812. The first-order valence-electron chi connectivity index (χ1n) is 11.4. The van der Waals surface area contributed by atoms with Gasteiger partial charge in [0.25, 0.3) is 0 Å². The second-order valence-corrected chi connectivity index (χ2v) is 10.8. The lowest BCUT2D eigenvalue weighted by molar-refractivity contribution is -0.237. The van der Waals surface area contributed by atoms with Gasteiger partial charge in [0.15, 0.2) is 0 Å². The molecule has 1 aliphatic heterocycles. The van der Waals surface area contributed by atoms with Crippen LogP contribution < -0.4 is 0 Å². The van der Waals surface area contributed by atoms with Gasteiger partial charge in [-0.25, -0.2) is 0 Å². The molecule has 8 atom stereocenters. The maximum Gasteiger partial charge on any atom is 0.314 e. The molecule has 0 aromatic heterocycles. The molecule has 0 amide bonds. The molecular weight excluding hydrogens is 386 g/mol. The maximum atomic E-state index is 12.2. The molecule has 30 heavy (non-hydrogen) atoms. The Morgan fingerprint density at radius 2 is 1.87 bits per heavy atom. The monoisotopic (exact) mass is 419 g/mol. The third kappa shape index (κ3) is 2.43. The number of ether oxygens (including phenoxy) is 1. The van der Waals surface area contributed by atoms with Gasteiger partial charge in [-0.2, -0.15) is 0 Å². The van der Waals surface area contributed by atoms with Crippen LogP contribution in [-0.4, -0.2) is 50.0 Å². The Balaban J connectivity index is 1.52. The zero-order valence-electron chi connectivity index (χ0n) is 17.6. The molecule has 4 fully saturated rings. The van der Waals surface area contributed by atoms with Gasteiger partial charge < -0.3 is 25.3 Å². The summed E-state index contributed by atoms with van der Waals surface area (Å²) in [5.74, 6) is -0.133. The fraction of sp³-hybridized carbons (Fsp3) is 0.826. The first-order valence-corrected chi connectivity index (χ1v) is 11.4. The summed E-state index contributed by atoms with van der Waals surface area (Å²) in [6.45, 7) is 2.16. The third-order valence-electron chi connectivity index (χ3n) is 9.93. The largest absolute Gasteiger partial charge is 0.434 e. The van der Waals surface area contributed by atoms with E-state index in [-0.39, 0.29) is 35.6 Å². The van der Waals surface area contributed by atoms with Crippen LogP contribution in [0.15, 0.2) is 17.0 Å². The maximum absolute atomic E-state index is 12.2. The molecule has 4 saturated carbocycles. The molecule has 0 saturated heterocycles. The number of aliphatic hydroxyl groups is 3. The third-order valence-corrected chi connectivity index (χ3v) is 9.93. The summed E-state index contributed by atoms with van der Waals surface area (Å²) in [4.78, 5) is 11.7. The highest BCUT2D eigenvalue weighted by molar-refractivity contribution is 5.76. The summed E-state index contributed by atoms with van der Waals surface area (Å²) in [5.41, 5.74) is -2.11. The zero-order chi connectivity index (χ0) is 21.4. The second-order valence-electron chi connectivity index (χ2n) is 10.8. The number of aliphatic hydroxyl groups excluding tert-OH is 1. The van der Waals surface area contributed by atoms with Crippen LogP contribution in [-0.2, 0) is 9.53 Å². The summed E-state index contributed by atoms with van der Waals surface area (Å²) in [7, 11) is 0. The predicted octanol–water partition coefficient (Wildman–Crippen LogP) is 2.51. The summed E-state index contributed by atoms with van der Waals surface area (Å²) in [6, 6.07) is 0. The molecule has 166 valence electrons. The van der Waals surface area contributed by atoms with E-state index in [1.165, 1.54) is 6.21 Å². The van der Waals surface area contributed by atoms with E-state index in [0.717, 1.165) is 24.8 Å². The number of hydrogen-bond acceptors (Lipinski definition) is 7. The Labute approximate surface area is 176 Å². The van der Waals surface area contributed by atoms with Crippen molar-refractivity contribution in [3.05, 3.63) is 11.8 Å². The molecule has 0 spiro atoms. The molecule has 7 heteroatoms. The molecule has 5 rings (SSSR count). The zero-order valence-corrected chi connectivity index (χ0v) is 17.6. The van der Waals surface area contributed by atoms with Crippen molar-refractivity contribution in [1.82, 2.24) is 0 Å². The lowest BCUT2D eigenvalue weighted by Crippen LogP contribution is -2.68. The first kappa shape index (κ1) is 20.5. The molecule has 0 unspecified atom stereocenters. The van der Waals surface area contributed by atoms with Crippen molar-refractivity contribution in [1.29, 1.82) is 0 Å². The average molecular weight is 420 g/mol. The van der Waals surface area contributed by atoms with Crippen molar-refractivity contribution in [2.75, 3.05) is 0 Å². The number of oxime groups is 1. The van der Waals surface area contributed by atoms with Gasteiger partial charge >= 0.3 is 5.97 Å². The summed E-state index contributed by atoms with van der Waals surface area (Å²) in [5, 5.41) is 47.0. The van der Waals surface area contributed by atoms with Crippen LogP contribution in [0.2, 0.25) is 0 Å². The smallest absolute Gasteiger partial charge is 0.314 e. The summed E-state index contributed by atoms with van der Waals surface area (Å²) in [6.07, 6.45) is 8.50. The van der Waals surface area contributed by atoms with Crippen molar-refractivity contribution in [3.63, 3.8) is 0 Å². The minimum Gasteiger partial charge on any atom is -0.434 e. The van der Waals surface area contributed by atoms with Crippen LogP contribution in [0.25, 0.3) is 0 Å². The SMILES string of the molecule is C[C@]12CC[C@H]3[C@@H](CC[C@]4(O)C[C@@H](O)CC[C@]34C=NO)[C@@]1(O)CC[C@@H]2C1=COC(=O)C1. The Kier molecular flexibility index (Phi) is 4.45. The quantitative estimate of drug-likeness (QED) is 0.236. The van der Waals surface area contributed by atoms with E-state index < -0.39 is 22.7 Å². The number of hydrogen-bond donors (Lipinski definition) is 4. The van der Waals surface area contributed by atoms with E-state index in [1.807, 2.05) is 0 Å². The van der Waals surface area contributed by atoms with Crippen LogP contribution in [0.1, 0.15) is 71.1 Å². The highest BCUT2D eigenvalue weighted by atomic mass is 16.5. The standard InChI is InChI=1S/C23H33NO6/c1-20-6-3-17-18(23(20,28)9-5-16(20)14-10-19(26)30-12-14)4-8-22(27)11-15(25)2-7-21(17,22)13-24-29/h12-13,15-18,25,27-29H,2-11H2,1H3/t15-,16+,17-,18+,20+,21-,22-,23-/m0/s1. The highest BCUT2D eigenvalue weighted by Crippen LogP contribution is 2.70. The van der Waals surface area contributed by atoms with Gasteiger partial charge in [0.2, 0.25) is 0 Å². The van der Waals surface area contributed by atoms with E-state index in [2.05, 4.69) is 12.1 Å². The lowest BCUT2D eigenvalue weighted by atomic mass is 9.41. The van der Waals surface area contributed by atoms with Crippen molar-refractivity contribution < 1.29 is 30.1 Å². The van der Waals surface area contributed by atoms with E-state index in [0.29, 0.717) is 38.5 Å². The number of fused-ring (bicyclic) bond motifs is 5.